The van der Waals surface area contributed by atoms with Crippen molar-refractivity contribution in [3.63, 3.8) is 0 Å². The third kappa shape index (κ3) is 6.13. The first kappa shape index (κ1) is 18.7. The first-order valence-electron chi connectivity index (χ1n) is 8.13. The predicted octanol–water partition coefficient (Wildman–Crippen LogP) is 0.917. The van der Waals surface area contributed by atoms with E-state index in [1.807, 2.05) is 37.9 Å². The van der Waals surface area contributed by atoms with Gasteiger partial charge in [-0.2, -0.15) is 0 Å². The zero-order valence-electron chi connectivity index (χ0n) is 14.5. The van der Waals surface area contributed by atoms with E-state index in [4.69, 9.17) is 4.74 Å². The Morgan fingerprint density at radius 2 is 1.96 bits per heavy atom. The third-order valence-electron chi connectivity index (χ3n) is 3.95. The van der Waals surface area contributed by atoms with Crippen LogP contribution in [0.25, 0.3) is 0 Å². The van der Waals surface area contributed by atoms with Crippen molar-refractivity contribution in [1.82, 2.24) is 10.2 Å². The number of nitrogens with zero attached hydrogens (tertiary/aromatic N) is 1. The third-order valence-corrected chi connectivity index (χ3v) is 5.72. The number of hydrogen-bond acceptors (Lipinski definition) is 5. The highest BCUT2D eigenvalue weighted by Crippen LogP contribution is 2.16. The fourth-order valence-electron chi connectivity index (χ4n) is 2.84. The van der Waals surface area contributed by atoms with Crippen molar-refractivity contribution in [2.24, 2.45) is 0 Å². The van der Waals surface area contributed by atoms with Crippen LogP contribution in [0.2, 0.25) is 0 Å². The number of carbonyl (C=O) groups excluding carboxylic acids is 1. The highest BCUT2D eigenvalue weighted by molar-refractivity contribution is 7.91. The Hall–Kier alpha value is -1.60. The molecule has 0 radical (unpaired) electrons. The minimum atomic E-state index is -2.97. The van der Waals surface area contributed by atoms with Crippen molar-refractivity contribution in [3.8, 4) is 5.75 Å². The molecule has 2 rings (SSSR count). The minimum Gasteiger partial charge on any atom is -0.492 e. The molecule has 24 heavy (non-hydrogen) atoms. The Bertz CT molecular complexity index is 668. The molecule has 0 aliphatic carbocycles. The van der Waals surface area contributed by atoms with Gasteiger partial charge in [0.15, 0.2) is 9.84 Å². The summed E-state index contributed by atoms with van der Waals surface area (Å²) in [6, 6.07) is 5.81. The fraction of sp³-hybridized carbons (Fsp3) is 0.588. The van der Waals surface area contributed by atoms with E-state index in [0.717, 1.165) is 16.9 Å². The number of carbonyl (C=O) groups is 1. The number of ether oxygens (including phenoxy) is 1. The Balaban J connectivity index is 1.69. The van der Waals surface area contributed by atoms with Crippen LogP contribution in [0.5, 0.6) is 5.75 Å². The molecule has 1 N–H and O–H groups in total. The molecule has 7 heteroatoms. The second-order valence-electron chi connectivity index (χ2n) is 6.58. The van der Waals surface area contributed by atoms with E-state index in [9.17, 15) is 13.2 Å². The smallest absolute Gasteiger partial charge is 0.234 e. The van der Waals surface area contributed by atoms with Crippen LogP contribution >= 0.6 is 0 Å². The molecule has 1 saturated heterocycles. The zero-order chi connectivity index (χ0) is 17.7. The fourth-order valence-corrected chi connectivity index (χ4v) is 4.52. The maximum absolute atomic E-state index is 12.0. The number of aryl methyl sites for hydroxylation is 2. The molecule has 0 bridgehead atoms. The number of rotatable bonds is 7. The van der Waals surface area contributed by atoms with Gasteiger partial charge in [-0.3, -0.25) is 9.69 Å². The molecular formula is C17H26N2O4S. The molecule has 1 aliphatic rings. The Morgan fingerprint density at radius 3 is 2.54 bits per heavy atom. The van der Waals surface area contributed by atoms with Crippen LogP contribution in [-0.2, 0) is 14.6 Å². The number of nitrogens with one attached hydrogen (secondary N) is 1. The molecule has 1 fully saturated rings. The van der Waals surface area contributed by atoms with Gasteiger partial charge in [0.1, 0.15) is 12.4 Å². The SMILES string of the molecule is Cc1cc(C)cc(OCCN(C)CC(=O)NC2CCS(=O)(=O)C2)c1. The van der Waals surface area contributed by atoms with E-state index in [1.54, 1.807) is 0 Å². The molecule has 1 amide bonds. The molecule has 1 heterocycles. The lowest BCUT2D eigenvalue weighted by molar-refractivity contribution is -0.122. The first-order valence-corrected chi connectivity index (χ1v) is 9.95. The topological polar surface area (TPSA) is 75.7 Å². The van der Waals surface area contributed by atoms with Crippen LogP contribution in [0, 0.1) is 13.8 Å². The quantitative estimate of drug-likeness (QED) is 0.788. The highest BCUT2D eigenvalue weighted by atomic mass is 32.2. The Kier molecular flexibility index (Phi) is 6.23. The second-order valence-corrected chi connectivity index (χ2v) is 8.81. The number of benzene rings is 1. The number of likely N-dealkylation sites (N-methyl/N-ethyl adjacent to an activating group) is 1. The Labute approximate surface area is 144 Å². The van der Waals surface area contributed by atoms with E-state index in [-0.39, 0.29) is 30.0 Å². The van der Waals surface area contributed by atoms with Gasteiger partial charge in [-0.15, -0.1) is 0 Å². The largest absolute Gasteiger partial charge is 0.492 e. The molecule has 0 saturated carbocycles. The van der Waals surface area contributed by atoms with E-state index in [1.165, 1.54) is 0 Å². The van der Waals surface area contributed by atoms with E-state index in [0.29, 0.717) is 19.6 Å². The predicted molar refractivity (Wildman–Crippen MR) is 94.1 cm³/mol. The molecule has 1 unspecified atom stereocenters. The van der Waals surface area contributed by atoms with Crippen LogP contribution in [0.3, 0.4) is 0 Å². The van der Waals surface area contributed by atoms with Gasteiger partial charge in [0.2, 0.25) is 5.91 Å². The monoisotopic (exact) mass is 354 g/mol. The molecule has 1 aromatic rings. The summed E-state index contributed by atoms with van der Waals surface area (Å²) < 4.78 is 28.5. The van der Waals surface area contributed by atoms with Crippen LogP contribution < -0.4 is 10.1 Å². The molecule has 1 aromatic carbocycles. The maximum atomic E-state index is 12.0. The summed E-state index contributed by atoms with van der Waals surface area (Å²) in [6.45, 7) is 5.39. The van der Waals surface area contributed by atoms with Gasteiger partial charge < -0.3 is 10.1 Å². The summed E-state index contributed by atoms with van der Waals surface area (Å²) in [5, 5.41) is 2.79. The van der Waals surface area contributed by atoms with Gasteiger partial charge in [-0.25, -0.2) is 8.42 Å². The molecule has 6 nitrogen and oxygen atoms in total. The molecule has 0 spiro atoms. The standard InChI is InChI=1S/C17H26N2O4S/c1-13-8-14(2)10-16(9-13)23-6-5-19(3)11-17(20)18-15-4-7-24(21,22)12-15/h8-10,15H,4-7,11-12H2,1-3H3,(H,18,20). The van der Waals surface area contributed by atoms with Crippen molar-refractivity contribution >= 4 is 15.7 Å². The average Bonchev–Trinajstić information content (AvgIpc) is 2.76. The lowest BCUT2D eigenvalue weighted by Gasteiger charge is -2.18. The van der Waals surface area contributed by atoms with Gasteiger partial charge in [-0.1, -0.05) is 6.07 Å². The van der Waals surface area contributed by atoms with E-state index < -0.39 is 9.84 Å². The van der Waals surface area contributed by atoms with Crippen molar-refractivity contribution in [2.45, 2.75) is 26.3 Å². The van der Waals surface area contributed by atoms with Gasteiger partial charge >= 0.3 is 0 Å². The normalized spacial score (nSPS) is 19.4. The number of amides is 1. The van der Waals surface area contributed by atoms with Crippen LogP contribution in [0.4, 0.5) is 0 Å². The summed E-state index contributed by atoms with van der Waals surface area (Å²) >= 11 is 0. The second kappa shape index (κ2) is 7.98. The summed E-state index contributed by atoms with van der Waals surface area (Å²) in [4.78, 5) is 13.8. The average molecular weight is 354 g/mol. The van der Waals surface area contributed by atoms with Crippen molar-refractivity contribution in [3.05, 3.63) is 29.3 Å². The molecule has 0 aromatic heterocycles. The lowest BCUT2D eigenvalue weighted by Crippen LogP contribution is -2.42. The van der Waals surface area contributed by atoms with Crippen molar-refractivity contribution in [2.75, 3.05) is 38.2 Å². The van der Waals surface area contributed by atoms with E-state index in [2.05, 4.69) is 11.4 Å². The number of sulfone groups is 1. The van der Waals surface area contributed by atoms with Crippen LogP contribution in [-0.4, -0.2) is 63.5 Å². The van der Waals surface area contributed by atoms with Gasteiger partial charge in [0, 0.05) is 12.6 Å². The summed E-state index contributed by atoms with van der Waals surface area (Å²) in [5.74, 6) is 0.906. The molecule has 134 valence electrons. The first-order chi connectivity index (χ1) is 11.2. The van der Waals surface area contributed by atoms with Gasteiger partial charge in [0.25, 0.3) is 0 Å². The minimum absolute atomic E-state index is 0.0538. The summed E-state index contributed by atoms with van der Waals surface area (Å²) in [5.41, 5.74) is 2.31. The maximum Gasteiger partial charge on any atom is 0.234 e. The van der Waals surface area contributed by atoms with E-state index >= 15 is 0 Å². The lowest BCUT2D eigenvalue weighted by atomic mass is 10.1. The van der Waals surface area contributed by atoms with Gasteiger partial charge in [-0.05, 0) is 50.6 Å². The number of hydrogen-bond donors (Lipinski definition) is 1. The molecular weight excluding hydrogens is 328 g/mol. The molecule has 1 aliphatic heterocycles. The zero-order valence-corrected chi connectivity index (χ0v) is 15.4. The van der Waals surface area contributed by atoms with Crippen molar-refractivity contribution < 1.29 is 17.9 Å². The van der Waals surface area contributed by atoms with Crippen LogP contribution in [0.1, 0.15) is 17.5 Å². The summed E-state index contributed by atoms with van der Waals surface area (Å²) in [7, 11) is -1.13. The van der Waals surface area contributed by atoms with Crippen LogP contribution in [0.15, 0.2) is 18.2 Å². The summed E-state index contributed by atoms with van der Waals surface area (Å²) in [6.07, 6.45) is 0.508. The van der Waals surface area contributed by atoms with Gasteiger partial charge in [0.05, 0.1) is 18.1 Å². The Morgan fingerprint density at radius 1 is 1.29 bits per heavy atom. The molecule has 1 atom stereocenters. The van der Waals surface area contributed by atoms with Crippen molar-refractivity contribution in [1.29, 1.82) is 0 Å². The highest BCUT2D eigenvalue weighted by Gasteiger charge is 2.28.